The molecule has 2 heterocycles. The number of unbranched alkanes of at least 4 members (excludes halogenated alkanes) is 3. The van der Waals surface area contributed by atoms with Crippen molar-refractivity contribution < 1.29 is 0 Å². The molecule has 1 aromatic heterocycles. The van der Waals surface area contributed by atoms with Crippen LogP contribution in [0.1, 0.15) is 56.7 Å². The maximum Gasteiger partial charge on any atom is 0.218 e. The summed E-state index contributed by atoms with van der Waals surface area (Å²) in [5.74, 6) is 1.88. The number of nitrogens with zero attached hydrogens (tertiary/aromatic N) is 4. The zero-order valence-corrected chi connectivity index (χ0v) is 19.1. The maximum atomic E-state index is 4.94. The summed E-state index contributed by atoms with van der Waals surface area (Å²) in [6.07, 6.45) is 9.53. The third kappa shape index (κ3) is 4.78. The number of nitrogens with one attached hydrogen (secondary N) is 2. The number of pyridine rings is 1. The predicted octanol–water partition coefficient (Wildman–Crippen LogP) is 4.69. The van der Waals surface area contributed by atoms with E-state index in [0.717, 1.165) is 56.2 Å². The summed E-state index contributed by atoms with van der Waals surface area (Å²) < 4.78 is 0. The number of rotatable bonds is 9. The number of hydrazine groups is 1. The Bertz CT molecular complexity index is 950. The van der Waals surface area contributed by atoms with E-state index in [1.165, 1.54) is 54.4 Å². The van der Waals surface area contributed by atoms with Crippen molar-refractivity contribution in [3.05, 3.63) is 47.9 Å². The summed E-state index contributed by atoms with van der Waals surface area (Å²) in [5.41, 5.74) is 8.49. The Labute approximate surface area is 186 Å². The van der Waals surface area contributed by atoms with E-state index < -0.39 is 0 Å². The second-order valence-electron chi connectivity index (χ2n) is 8.51. The normalized spacial score (nSPS) is 17.4. The number of para-hydroxylation sites is 1. The summed E-state index contributed by atoms with van der Waals surface area (Å²) in [5, 5.41) is 6.97. The minimum Gasteiger partial charge on any atom is -0.384 e. The molecule has 0 radical (unpaired) electrons. The lowest BCUT2D eigenvalue weighted by Crippen LogP contribution is -2.31. The Morgan fingerprint density at radius 2 is 1.94 bits per heavy atom. The first-order valence-corrected chi connectivity index (χ1v) is 11.8. The molecule has 1 aromatic carbocycles. The van der Waals surface area contributed by atoms with Crippen LogP contribution in [0, 0.1) is 0 Å². The summed E-state index contributed by atoms with van der Waals surface area (Å²) in [6.45, 7) is 8.97. The van der Waals surface area contributed by atoms with Gasteiger partial charge in [-0.2, -0.15) is 0 Å². The first-order valence-electron chi connectivity index (χ1n) is 11.8. The predicted molar refractivity (Wildman–Crippen MR) is 130 cm³/mol. The first-order chi connectivity index (χ1) is 15.2. The van der Waals surface area contributed by atoms with Gasteiger partial charge in [0.1, 0.15) is 5.82 Å². The average molecular weight is 421 g/mol. The monoisotopic (exact) mass is 420 g/mol. The Balaban J connectivity index is 1.24. The number of aryl methyl sites for hydroxylation is 1. The fourth-order valence-corrected chi connectivity index (χ4v) is 4.59. The van der Waals surface area contributed by atoms with E-state index in [4.69, 9.17) is 9.98 Å². The third-order valence-electron chi connectivity index (χ3n) is 6.36. The highest BCUT2D eigenvalue weighted by molar-refractivity contribution is 5.93. The van der Waals surface area contributed by atoms with Crippen molar-refractivity contribution in [3.8, 4) is 0 Å². The molecule has 0 spiro atoms. The van der Waals surface area contributed by atoms with Gasteiger partial charge in [0.25, 0.3) is 0 Å². The van der Waals surface area contributed by atoms with Crippen LogP contribution in [0.25, 0.3) is 10.9 Å². The summed E-state index contributed by atoms with van der Waals surface area (Å²) in [7, 11) is 1.98. The number of anilines is 1. The Hall–Kier alpha value is -2.76. The second kappa shape index (κ2) is 10.0. The molecule has 0 bridgehead atoms. The van der Waals surface area contributed by atoms with Gasteiger partial charge in [-0.05, 0) is 57.1 Å². The zero-order chi connectivity index (χ0) is 21.6. The molecule has 0 atom stereocenters. The molecule has 2 aliphatic rings. The maximum absolute atomic E-state index is 4.94. The molecule has 6 heteroatoms. The van der Waals surface area contributed by atoms with Crippen LogP contribution in [0.2, 0.25) is 0 Å². The molecule has 2 aromatic rings. The Morgan fingerprint density at radius 1 is 1.13 bits per heavy atom. The van der Waals surface area contributed by atoms with Crippen LogP contribution in [-0.2, 0) is 12.8 Å². The van der Waals surface area contributed by atoms with Crippen LogP contribution in [0.5, 0.6) is 0 Å². The standard InChI is InChI=1S/C25H36N6/c1-4-31-19(2)30(3)29-25(31)27-18-12-6-5-11-17-26-24-20-13-7-9-15-22(20)28-23-16-10-8-14-21(23)24/h7,9,13,15H,2,4-6,8,10-12,14,16-18H2,1,3H3,(H,26,28)(H,27,29). The van der Waals surface area contributed by atoms with Crippen molar-refractivity contribution in [3.63, 3.8) is 0 Å². The topological polar surface area (TPSA) is 55.8 Å². The van der Waals surface area contributed by atoms with Gasteiger partial charge in [0.2, 0.25) is 5.96 Å². The quantitative estimate of drug-likeness (QED) is 0.577. The van der Waals surface area contributed by atoms with Crippen LogP contribution < -0.4 is 10.7 Å². The van der Waals surface area contributed by atoms with Crippen molar-refractivity contribution >= 4 is 22.5 Å². The van der Waals surface area contributed by atoms with E-state index in [1.54, 1.807) is 0 Å². The van der Waals surface area contributed by atoms with E-state index in [2.05, 4.69) is 53.4 Å². The van der Waals surface area contributed by atoms with E-state index in [1.807, 2.05) is 12.1 Å². The number of hydrogen-bond donors (Lipinski definition) is 2. The van der Waals surface area contributed by atoms with Gasteiger partial charge in [0.15, 0.2) is 0 Å². The van der Waals surface area contributed by atoms with Gasteiger partial charge in [0.05, 0.1) is 5.52 Å². The highest BCUT2D eigenvalue weighted by atomic mass is 15.7. The number of guanidine groups is 1. The van der Waals surface area contributed by atoms with Gasteiger partial charge in [0, 0.05) is 43.4 Å². The number of hydrogen-bond acceptors (Lipinski definition) is 4. The number of aliphatic imine (C=N–C) groups is 1. The molecule has 1 saturated heterocycles. The van der Waals surface area contributed by atoms with Crippen LogP contribution in [0.3, 0.4) is 0 Å². The molecule has 0 amide bonds. The third-order valence-corrected chi connectivity index (χ3v) is 6.36. The van der Waals surface area contributed by atoms with E-state index in [0.29, 0.717) is 0 Å². The molecular weight excluding hydrogens is 384 g/mol. The summed E-state index contributed by atoms with van der Waals surface area (Å²) in [4.78, 5) is 11.8. The van der Waals surface area contributed by atoms with Gasteiger partial charge < -0.3 is 5.32 Å². The molecule has 1 fully saturated rings. The molecule has 0 saturated carbocycles. The van der Waals surface area contributed by atoms with Crippen molar-refractivity contribution in [1.29, 1.82) is 0 Å². The Kier molecular flexibility index (Phi) is 6.95. The molecule has 4 rings (SSSR count). The molecular formula is C25H36N6. The molecule has 6 nitrogen and oxygen atoms in total. The lowest BCUT2D eigenvalue weighted by Gasteiger charge is -2.21. The minimum absolute atomic E-state index is 0.857. The van der Waals surface area contributed by atoms with Gasteiger partial charge in [-0.15, -0.1) is 0 Å². The van der Waals surface area contributed by atoms with Gasteiger partial charge >= 0.3 is 0 Å². The Morgan fingerprint density at radius 3 is 2.81 bits per heavy atom. The minimum atomic E-state index is 0.857. The lowest BCUT2D eigenvalue weighted by atomic mass is 9.92. The largest absolute Gasteiger partial charge is 0.384 e. The van der Waals surface area contributed by atoms with E-state index in [-0.39, 0.29) is 0 Å². The van der Waals surface area contributed by atoms with Crippen LogP contribution in [0.15, 0.2) is 41.7 Å². The van der Waals surface area contributed by atoms with E-state index in [9.17, 15) is 0 Å². The lowest BCUT2D eigenvalue weighted by molar-refractivity contribution is 0.360. The van der Waals surface area contributed by atoms with Gasteiger partial charge in [-0.3, -0.25) is 25.3 Å². The zero-order valence-electron chi connectivity index (χ0n) is 19.1. The molecule has 1 aliphatic carbocycles. The molecule has 0 unspecified atom stereocenters. The fourth-order valence-electron chi connectivity index (χ4n) is 4.59. The number of aromatic nitrogens is 1. The van der Waals surface area contributed by atoms with Crippen LogP contribution in [-0.4, -0.2) is 47.5 Å². The smallest absolute Gasteiger partial charge is 0.218 e. The molecule has 31 heavy (non-hydrogen) atoms. The highest BCUT2D eigenvalue weighted by Crippen LogP contribution is 2.33. The summed E-state index contributed by atoms with van der Waals surface area (Å²) >= 11 is 0. The first kappa shape index (κ1) is 21.5. The van der Waals surface area contributed by atoms with Crippen molar-refractivity contribution in [2.75, 3.05) is 32.0 Å². The number of benzene rings is 1. The van der Waals surface area contributed by atoms with E-state index >= 15 is 0 Å². The fraction of sp³-hybridized carbons (Fsp3) is 0.520. The van der Waals surface area contributed by atoms with Gasteiger partial charge in [-0.1, -0.05) is 37.6 Å². The van der Waals surface area contributed by atoms with Gasteiger partial charge in [-0.25, -0.2) is 0 Å². The average Bonchev–Trinajstić information content (AvgIpc) is 3.07. The van der Waals surface area contributed by atoms with Crippen molar-refractivity contribution in [2.24, 2.45) is 4.99 Å². The second-order valence-corrected chi connectivity index (χ2v) is 8.51. The van der Waals surface area contributed by atoms with Crippen LogP contribution in [0.4, 0.5) is 5.69 Å². The summed E-state index contributed by atoms with van der Waals surface area (Å²) in [6, 6.07) is 8.56. The molecule has 1 aliphatic heterocycles. The molecule has 166 valence electrons. The van der Waals surface area contributed by atoms with Crippen molar-refractivity contribution in [1.82, 2.24) is 20.3 Å². The number of fused-ring (bicyclic) bond motifs is 2. The van der Waals surface area contributed by atoms with Crippen LogP contribution >= 0.6 is 0 Å². The van der Waals surface area contributed by atoms with Crippen molar-refractivity contribution in [2.45, 2.75) is 58.3 Å². The SMILES string of the molecule is C=C1N(C)NC(=NCCCCCCNc2c3c(nc4ccccc24)CCCC3)N1CC. The highest BCUT2D eigenvalue weighted by Gasteiger charge is 2.24. The molecule has 2 N–H and O–H groups in total.